The smallest absolute Gasteiger partial charge is 0.257 e. The summed E-state index contributed by atoms with van der Waals surface area (Å²) in [6.45, 7) is 8.82. The van der Waals surface area contributed by atoms with Gasteiger partial charge in [-0.3, -0.25) is 4.79 Å². The van der Waals surface area contributed by atoms with E-state index in [0.717, 1.165) is 30.0 Å². The van der Waals surface area contributed by atoms with E-state index in [1.54, 1.807) is 12.4 Å². The molecule has 1 saturated heterocycles. The molecule has 138 valence electrons. The molecule has 1 amide bonds. The first kappa shape index (κ1) is 18.2. The molecule has 0 N–H and O–H groups in total. The van der Waals surface area contributed by atoms with Crippen molar-refractivity contribution in [3.63, 3.8) is 0 Å². The zero-order valence-corrected chi connectivity index (χ0v) is 15.7. The molecule has 0 aliphatic carbocycles. The highest BCUT2D eigenvalue weighted by molar-refractivity contribution is 5.79. The van der Waals surface area contributed by atoms with Crippen LogP contribution < -0.4 is 9.64 Å². The number of ether oxygens (including phenoxy) is 1. The predicted molar refractivity (Wildman–Crippen MR) is 101 cm³/mol. The van der Waals surface area contributed by atoms with Crippen LogP contribution in [0.5, 0.6) is 5.88 Å². The second-order valence-electron chi connectivity index (χ2n) is 6.82. The van der Waals surface area contributed by atoms with E-state index in [0.29, 0.717) is 25.4 Å². The minimum atomic E-state index is 0.0439. The van der Waals surface area contributed by atoms with Crippen molar-refractivity contribution in [3.8, 4) is 5.88 Å². The fourth-order valence-electron chi connectivity index (χ4n) is 3.09. The molecule has 0 bridgehead atoms. The Morgan fingerprint density at radius 1 is 1.12 bits per heavy atom. The van der Waals surface area contributed by atoms with Crippen molar-refractivity contribution in [1.29, 1.82) is 0 Å². The van der Waals surface area contributed by atoms with Gasteiger partial charge in [0.2, 0.25) is 5.91 Å². The third kappa shape index (κ3) is 4.31. The summed E-state index contributed by atoms with van der Waals surface area (Å²) < 4.78 is 5.77. The largest absolute Gasteiger partial charge is 0.472 e. The highest BCUT2D eigenvalue weighted by Crippen LogP contribution is 2.24. The van der Waals surface area contributed by atoms with Gasteiger partial charge in [-0.05, 0) is 31.9 Å². The predicted octanol–water partition coefficient (Wildman–Crippen LogP) is 2.46. The summed E-state index contributed by atoms with van der Waals surface area (Å²) in [5, 5.41) is 0. The maximum Gasteiger partial charge on any atom is 0.257 e. The fraction of sp³-hybridized carbons (Fsp3) is 0.450. The number of amides is 1. The molecule has 6 heteroatoms. The van der Waals surface area contributed by atoms with Crippen LogP contribution in [0.25, 0.3) is 0 Å². The van der Waals surface area contributed by atoms with Crippen LogP contribution in [0.4, 0.5) is 5.82 Å². The Kier molecular flexibility index (Phi) is 5.71. The van der Waals surface area contributed by atoms with Crippen molar-refractivity contribution in [2.24, 2.45) is 0 Å². The second kappa shape index (κ2) is 8.17. The second-order valence-corrected chi connectivity index (χ2v) is 6.82. The highest BCUT2D eigenvalue weighted by Gasteiger charge is 2.24. The quantitative estimate of drug-likeness (QED) is 0.825. The van der Waals surface area contributed by atoms with Crippen LogP contribution in [0, 0.1) is 6.92 Å². The topological polar surface area (TPSA) is 58.6 Å². The van der Waals surface area contributed by atoms with Crippen LogP contribution in [-0.2, 0) is 11.2 Å². The van der Waals surface area contributed by atoms with E-state index < -0.39 is 0 Å². The van der Waals surface area contributed by atoms with Crippen LogP contribution >= 0.6 is 0 Å². The first-order chi connectivity index (χ1) is 12.5. The average molecular weight is 354 g/mol. The summed E-state index contributed by atoms with van der Waals surface area (Å²) >= 11 is 0. The molecule has 1 aromatic heterocycles. The van der Waals surface area contributed by atoms with Gasteiger partial charge in [0.1, 0.15) is 0 Å². The number of hydrogen-bond donors (Lipinski definition) is 0. The Labute approximate surface area is 154 Å². The van der Waals surface area contributed by atoms with Crippen LogP contribution in [0.15, 0.2) is 36.7 Å². The summed E-state index contributed by atoms with van der Waals surface area (Å²) in [6, 6.07) is 8.06. The van der Waals surface area contributed by atoms with E-state index in [4.69, 9.17) is 4.74 Å². The van der Waals surface area contributed by atoms with Crippen LogP contribution in [-0.4, -0.2) is 53.1 Å². The number of carbonyl (C=O) groups is 1. The van der Waals surface area contributed by atoms with E-state index in [-0.39, 0.29) is 12.0 Å². The van der Waals surface area contributed by atoms with Crippen LogP contribution in [0.1, 0.15) is 25.0 Å². The normalized spacial score (nSPS) is 14.6. The van der Waals surface area contributed by atoms with E-state index in [1.807, 2.05) is 49.9 Å². The lowest BCUT2D eigenvalue weighted by molar-refractivity contribution is -0.130. The van der Waals surface area contributed by atoms with Crippen molar-refractivity contribution in [2.75, 3.05) is 31.1 Å². The molecule has 3 rings (SSSR count). The van der Waals surface area contributed by atoms with E-state index in [1.165, 1.54) is 0 Å². The Morgan fingerprint density at radius 2 is 1.81 bits per heavy atom. The Hall–Kier alpha value is -2.63. The molecule has 2 aromatic rings. The lowest BCUT2D eigenvalue weighted by Crippen LogP contribution is -2.49. The molecular weight excluding hydrogens is 328 g/mol. The van der Waals surface area contributed by atoms with E-state index in [2.05, 4.69) is 14.9 Å². The Bertz CT molecular complexity index is 755. The number of rotatable bonds is 5. The minimum Gasteiger partial charge on any atom is -0.472 e. The summed E-state index contributed by atoms with van der Waals surface area (Å²) in [5.41, 5.74) is 2.26. The SMILES string of the molecule is Cc1ccccc1CC(=O)N1CCN(c2nccnc2OC(C)C)CC1. The highest BCUT2D eigenvalue weighted by atomic mass is 16.5. The van der Waals surface area contributed by atoms with Gasteiger partial charge in [0.15, 0.2) is 5.82 Å². The van der Waals surface area contributed by atoms with Crippen LogP contribution in [0.2, 0.25) is 0 Å². The first-order valence-corrected chi connectivity index (χ1v) is 9.09. The van der Waals surface area contributed by atoms with Crippen molar-refractivity contribution >= 4 is 11.7 Å². The zero-order valence-electron chi connectivity index (χ0n) is 15.7. The number of aryl methyl sites for hydroxylation is 1. The molecule has 1 fully saturated rings. The number of anilines is 1. The third-order valence-corrected chi connectivity index (χ3v) is 4.53. The number of piperazine rings is 1. The van der Waals surface area contributed by atoms with Gasteiger partial charge in [-0.1, -0.05) is 24.3 Å². The lowest BCUT2D eigenvalue weighted by atomic mass is 10.1. The van der Waals surface area contributed by atoms with Gasteiger partial charge in [0.05, 0.1) is 12.5 Å². The fourth-order valence-corrected chi connectivity index (χ4v) is 3.09. The monoisotopic (exact) mass is 354 g/mol. The maximum absolute atomic E-state index is 12.6. The van der Waals surface area contributed by atoms with Gasteiger partial charge in [-0.2, -0.15) is 0 Å². The minimum absolute atomic E-state index is 0.0439. The summed E-state index contributed by atoms with van der Waals surface area (Å²) in [4.78, 5) is 25.5. The molecule has 0 saturated carbocycles. The third-order valence-electron chi connectivity index (χ3n) is 4.53. The standard InChI is InChI=1S/C20H26N4O2/c1-15(2)26-20-19(21-8-9-22-20)24-12-10-23(11-13-24)18(25)14-17-7-5-4-6-16(17)3/h4-9,15H,10-14H2,1-3H3. The molecule has 1 aliphatic heterocycles. The van der Waals surface area contributed by atoms with E-state index >= 15 is 0 Å². The molecule has 1 aliphatic rings. The van der Waals surface area contributed by atoms with Crippen molar-refractivity contribution in [2.45, 2.75) is 33.3 Å². The summed E-state index contributed by atoms with van der Waals surface area (Å²) in [6.07, 6.45) is 3.82. The number of benzene rings is 1. The molecule has 0 radical (unpaired) electrons. The number of carbonyl (C=O) groups excluding carboxylic acids is 1. The summed E-state index contributed by atoms with van der Waals surface area (Å²) in [5.74, 6) is 1.49. The molecule has 0 spiro atoms. The molecule has 0 unspecified atom stereocenters. The molecular formula is C20H26N4O2. The molecule has 2 heterocycles. The van der Waals surface area contributed by atoms with Gasteiger partial charge >= 0.3 is 0 Å². The molecule has 1 aromatic carbocycles. The average Bonchev–Trinajstić information content (AvgIpc) is 2.64. The Morgan fingerprint density at radius 3 is 2.50 bits per heavy atom. The van der Waals surface area contributed by atoms with Gasteiger partial charge in [0.25, 0.3) is 5.88 Å². The van der Waals surface area contributed by atoms with Crippen molar-refractivity contribution in [1.82, 2.24) is 14.9 Å². The molecule has 0 atom stereocenters. The van der Waals surface area contributed by atoms with Gasteiger partial charge in [-0.15, -0.1) is 0 Å². The molecule has 6 nitrogen and oxygen atoms in total. The molecule has 26 heavy (non-hydrogen) atoms. The maximum atomic E-state index is 12.6. The Balaban J connectivity index is 1.61. The van der Waals surface area contributed by atoms with Crippen LogP contribution in [0.3, 0.4) is 0 Å². The van der Waals surface area contributed by atoms with Gasteiger partial charge in [-0.25, -0.2) is 9.97 Å². The van der Waals surface area contributed by atoms with Gasteiger partial charge < -0.3 is 14.5 Å². The van der Waals surface area contributed by atoms with Crippen molar-refractivity contribution in [3.05, 3.63) is 47.8 Å². The lowest BCUT2D eigenvalue weighted by Gasteiger charge is -2.35. The first-order valence-electron chi connectivity index (χ1n) is 9.09. The number of aromatic nitrogens is 2. The number of nitrogens with zero attached hydrogens (tertiary/aromatic N) is 4. The zero-order chi connectivity index (χ0) is 18.5. The summed E-state index contributed by atoms with van der Waals surface area (Å²) in [7, 11) is 0. The van der Waals surface area contributed by atoms with Gasteiger partial charge in [0, 0.05) is 38.6 Å². The van der Waals surface area contributed by atoms with Crippen molar-refractivity contribution < 1.29 is 9.53 Å². The van der Waals surface area contributed by atoms with E-state index in [9.17, 15) is 4.79 Å². The number of hydrogen-bond acceptors (Lipinski definition) is 5.